The average molecular weight is 341 g/mol. The van der Waals surface area contributed by atoms with Crippen LogP contribution in [0.4, 0.5) is 0 Å². The Morgan fingerprint density at radius 1 is 0.962 bits per heavy atom. The van der Waals surface area contributed by atoms with Crippen molar-refractivity contribution >= 4 is 16.7 Å². The molecule has 0 radical (unpaired) electrons. The molecular weight excluding hydrogens is 322 g/mol. The highest BCUT2D eigenvalue weighted by atomic mass is 16.1. The molecule has 26 heavy (non-hydrogen) atoms. The molecule has 0 saturated heterocycles. The van der Waals surface area contributed by atoms with Gasteiger partial charge in [-0.25, -0.2) is 4.98 Å². The van der Waals surface area contributed by atoms with Gasteiger partial charge in [0.2, 0.25) is 0 Å². The molecular formula is C22H19N3O. The van der Waals surface area contributed by atoms with Crippen LogP contribution in [-0.4, -0.2) is 15.5 Å². The number of nitrogens with zero attached hydrogens (tertiary/aromatic N) is 2. The van der Waals surface area contributed by atoms with Gasteiger partial charge in [-0.1, -0.05) is 60.7 Å². The SMILES string of the molecule is Cn1ccnc1C(NC(=O)c1ccc2ccccc2c1)c1ccccc1. The van der Waals surface area contributed by atoms with E-state index < -0.39 is 0 Å². The fourth-order valence-electron chi connectivity index (χ4n) is 3.14. The predicted molar refractivity (Wildman–Crippen MR) is 103 cm³/mol. The van der Waals surface area contributed by atoms with Crippen molar-refractivity contribution in [1.29, 1.82) is 0 Å². The maximum absolute atomic E-state index is 12.9. The van der Waals surface area contributed by atoms with Gasteiger partial charge in [0.1, 0.15) is 11.9 Å². The van der Waals surface area contributed by atoms with E-state index >= 15 is 0 Å². The van der Waals surface area contributed by atoms with Crippen molar-refractivity contribution in [1.82, 2.24) is 14.9 Å². The van der Waals surface area contributed by atoms with Crippen LogP contribution >= 0.6 is 0 Å². The van der Waals surface area contributed by atoms with Crippen LogP contribution in [0, 0.1) is 0 Å². The molecule has 3 aromatic carbocycles. The summed E-state index contributed by atoms with van der Waals surface area (Å²) < 4.78 is 1.93. The summed E-state index contributed by atoms with van der Waals surface area (Å²) in [5, 5.41) is 5.30. The topological polar surface area (TPSA) is 46.9 Å². The van der Waals surface area contributed by atoms with Crippen LogP contribution in [0.25, 0.3) is 10.8 Å². The van der Waals surface area contributed by atoms with Gasteiger partial charge in [0.05, 0.1) is 0 Å². The fourth-order valence-corrected chi connectivity index (χ4v) is 3.14. The first-order valence-corrected chi connectivity index (χ1v) is 8.54. The van der Waals surface area contributed by atoms with Crippen molar-refractivity contribution in [3.63, 3.8) is 0 Å². The molecule has 1 heterocycles. The quantitative estimate of drug-likeness (QED) is 0.608. The number of hydrogen-bond donors (Lipinski definition) is 1. The minimum atomic E-state index is -0.310. The van der Waals surface area contributed by atoms with Crippen LogP contribution < -0.4 is 5.32 Å². The summed E-state index contributed by atoms with van der Waals surface area (Å²) in [4.78, 5) is 17.4. The molecule has 4 heteroatoms. The Kier molecular flexibility index (Phi) is 4.23. The van der Waals surface area contributed by atoms with Crippen LogP contribution in [0.2, 0.25) is 0 Å². The second kappa shape index (κ2) is 6.84. The molecule has 1 N–H and O–H groups in total. The Morgan fingerprint density at radius 2 is 1.69 bits per heavy atom. The van der Waals surface area contributed by atoms with Gasteiger partial charge in [0.25, 0.3) is 5.91 Å². The normalized spacial score (nSPS) is 12.0. The molecule has 0 spiro atoms. The largest absolute Gasteiger partial charge is 0.338 e. The van der Waals surface area contributed by atoms with Crippen LogP contribution in [0.1, 0.15) is 27.8 Å². The van der Waals surface area contributed by atoms with Gasteiger partial charge in [0.15, 0.2) is 0 Å². The molecule has 1 amide bonds. The molecule has 1 unspecified atom stereocenters. The lowest BCUT2D eigenvalue weighted by atomic mass is 10.0. The van der Waals surface area contributed by atoms with E-state index in [0.29, 0.717) is 5.56 Å². The zero-order chi connectivity index (χ0) is 17.9. The fraction of sp³-hybridized carbons (Fsp3) is 0.0909. The van der Waals surface area contributed by atoms with Crippen molar-refractivity contribution in [2.45, 2.75) is 6.04 Å². The molecule has 0 aliphatic carbocycles. The van der Waals surface area contributed by atoms with Gasteiger partial charge in [-0.05, 0) is 28.5 Å². The summed E-state index contributed by atoms with van der Waals surface area (Å²) in [5.41, 5.74) is 1.63. The van der Waals surface area contributed by atoms with Gasteiger partial charge in [-0.2, -0.15) is 0 Å². The lowest BCUT2D eigenvalue weighted by Crippen LogP contribution is -2.31. The Bertz CT molecular complexity index is 1050. The third kappa shape index (κ3) is 3.09. The summed E-state index contributed by atoms with van der Waals surface area (Å²) >= 11 is 0. The summed E-state index contributed by atoms with van der Waals surface area (Å²) in [5.74, 6) is 0.679. The molecule has 128 valence electrons. The number of hydrogen-bond acceptors (Lipinski definition) is 2. The van der Waals surface area contributed by atoms with Crippen molar-refractivity contribution < 1.29 is 4.79 Å². The molecule has 0 bridgehead atoms. The standard InChI is InChI=1S/C22H19N3O/c1-25-14-13-23-21(25)20(17-8-3-2-4-9-17)24-22(26)19-12-11-16-7-5-6-10-18(16)15-19/h2-15,20H,1H3,(H,24,26). The van der Waals surface area contributed by atoms with E-state index in [2.05, 4.69) is 10.3 Å². The van der Waals surface area contributed by atoms with Gasteiger partial charge in [0, 0.05) is 25.0 Å². The summed E-state index contributed by atoms with van der Waals surface area (Å²) in [7, 11) is 1.93. The van der Waals surface area contributed by atoms with Gasteiger partial charge in [-0.3, -0.25) is 4.79 Å². The second-order valence-electron chi connectivity index (χ2n) is 6.28. The summed E-state index contributed by atoms with van der Waals surface area (Å²) in [6.07, 6.45) is 3.63. The van der Waals surface area contributed by atoms with E-state index in [-0.39, 0.29) is 11.9 Å². The highest BCUT2D eigenvalue weighted by Gasteiger charge is 2.21. The molecule has 0 aliphatic heterocycles. The number of amides is 1. The van der Waals surface area contributed by atoms with E-state index in [1.807, 2.05) is 90.6 Å². The van der Waals surface area contributed by atoms with Crippen molar-refractivity contribution in [3.05, 3.63) is 102 Å². The number of carbonyl (C=O) groups is 1. The smallest absolute Gasteiger partial charge is 0.252 e. The molecule has 0 aliphatic rings. The van der Waals surface area contributed by atoms with Crippen LogP contribution in [0.5, 0.6) is 0 Å². The first-order chi connectivity index (χ1) is 12.7. The third-order valence-corrected chi connectivity index (χ3v) is 4.54. The minimum Gasteiger partial charge on any atom is -0.338 e. The maximum Gasteiger partial charge on any atom is 0.252 e. The predicted octanol–water partition coefficient (Wildman–Crippen LogP) is 4.09. The van der Waals surface area contributed by atoms with Crippen molar-refractivity contribution in [2.75, 3.05) is 0 Å². The number of aromatic nitrogens is 2. The Hall–Kier alpha value is -3.40. The maximum atomic E-state index is 12.9. The third-order valence-electron chi connectivity index (χ3n) is 4.54. The molecule has 0 saturated carbocycles. The summed E-state index contributed by atoms with van der Waals surface area (Å²) in [6.45, 7) is 0. The first-order valence-electron chi connectivity index (χ1n) is 8.54. The van der Waals surface area contributed by atoms with Crippen LogP contribution in [0.15, 0.2) is 85.2 Å². The van der Waals surface area contributed by atoms with E-state index in [9.17, 15) is 4.79 Å². The van der Waals surface area contributed by atoms with Crippen LogP contribution in [0.3, 0.4) is 0 Å². The lowest BCUT2D eigenvalue weighted by molar-refractivity contribution is 0.0941. The zero-order valence-corrected chi connectivity index (χ0v) is 14.5. The minimum absolute atomic E-state index is 0.118. The highest BCUT2D eigenvalue weighted by molar-refractivity contribution is 5.98. The number of carbonyl (C=O) groups excluding carboxylic acids is 1. The number of fused-ring (bicyclic) bond motifs is 1. The van der Waals surface area contributed by atoms with E-state index in [1.165, 1.54) is 0 Å². The molecule has 4 nitrogen and oxygen atoms in total. The van der Waals surface area contributed by atoms with Crippen molar-refractivity contribution in [3.8, 4) is 0 Å². The van der Waals surface area contributed by atoms with E-state index in [4.69, 9.17) is 0 Å². The average Bonchev–Trinajstić information content (AvgIpc) is 3.12. The Labute approximate surface area is 152 Å². The van der Waals surface area contributed by atoms with E-state index in [1.54, 1.807) is 6.20 Å². The van der Waals surface area contributed by atoms with Gasteiger partial charge in [-0.15, -0.1) is 0 Å². The number of imidazole rings is 1. The number of nitrogens with one attached hydrogen (secondary N) is 1. The number of aryl methyl sites for hydroxylation is 1. The van der Waals surface area contributed by atoms with Gasteiger partial charge >= 0.3 is 0 Å². The van der Waals surface area contributed by atoms with Crippen molar-refractivity contribution in [2.24, 2.45) is 7.05 Å². The molecule has 4 rings (SSSR count). The monoisotopic (exact) mass is 341 g/mol. The summed E-state index contributed by atoms with van der Waals surface area (Å²) in [6, 6.07) is 23.4. The second-order valence-corrected chi connectivity index (χ2v) is 6.28. The molecule has 1 aromatic heterocycles. The molecule has 1 atom stereocenters. The zero-order valence-electron chi connectivity index (χ0n) is 14.5. The molecule has 4 aromatic rings. The molecule has 0 fully saturated rings. The lowest BCUT2D eigenvalue weighted by Gasteiger charge is -2.19. The van der Waals surface area contributed by atoms with Gasteiger partial charge < -0.3 is 9.88 Å². The highest BCUT2D eigenvalue weighted by Crippen LogP contribution is 2.22. The van der Waals surface area contributed by atoms with E-state index in [0.717, 1.165) is 22.2 Å². The Morgan fingerprint density at radius 3 is 2.42 bits per heavy atom. The first kappa shape index (κ1) is 16.1. The number of benzene rings is 3. The van der Waals surface area contributed by atoms with Crippen LogP contribution in [-0.2, 0) is 7.05 Å². The number of rotatable bonds is 4. The Balaban J connectivity index is 1.68.